The molecule has 0 aromatic carbocycles. The number of cyclic esters (lactones) is 1. The predicted octanol–water partition coefficient (Wildman–Crippen LogP) is 1.98. The van der Waals surface area contributed by atoms with E-state index in [1.165, 1.54) is 6.42 Å². The van der Waals surface area contributed by atoms with Crippen molar-refractivity contribution in [1.82, 2.24) is 0 Å². The van der Waals surface area contributed by atoms with Gasteiger partial charge in [0.2, 0.25) is 0 Å². The summed E-state index contributed by atoms with van der Waals surface area (Å²) in [7, 11) is 0. The van der Waals surface area contributed by atoms with Crippen molar-refractivity contribution < 1.29 is 9.53 Å². The molecule has 0 spiro atoms. The van der Waals surface area contributed by atoms with Crippen LogP contribution in [0, 0.1) is 17.8 Å². The smallest absolute Gasteiger partial charge is 0.310 e. The summed E-state index contributed by atoms with van der Waals surface area (Å²) < 4.78 is 5.35. The molecule has 2 heteroatoms. The Kier molecular flexibility index (Phi) is 1.51. The maximum absolute atomic E-state index is 11.5. The molecular weight excluding hydrogens is 152 g/mol. The van der Waals surface area contributed by atoms with E-state index >= 15 is 0 Å². The lowest BCUT2D eigenvalue weighted by Gasteiger charge is -2.22. The third-order valence-electron chi connectivity index (χ3n) is 3.51. The Morgan fingerprint density at radius 3 is 2.67 bits per heavy atom. The molecule has 0 radical (unpaired) electrons. The molecule has 3 atom stereocenters. The van der Waals surface area contributed by atoms with E-state index < -0.39 is 0 Å². The second-order valence-electron chi connectivity index (χ2n) is 4.71. The Balaban J connectivity index is 2.29. The summed E-state index contributed by atoms with van der Waals surface area (Å²) in [6, 6.07) is 0. The Bertz CT molecular complexity index is 220. The van der Waals surface area contributed by atoms with Gasteiger partial charge in [-0.25, -0.2) is 0 Å². The minimum atomic E-state index is -0.202. The van der Waals surface area contributed by atoms with E-state index in [1.807, 2.05) is 13.8 Å². The standard InChI is InChI=1S/C10H16O2/c1-6-4-5-7-8(6)9(11)12-10(7,2)3/h6-8H,4-5H2,1-3H3/t6-,7-,8+/m1/s1. The van der Waals surface area contributed by atoms with Crippen LogP contribution < -0.4 is 0 Å². The van der Waals surface area contributed by atoms with Crippen molar-refractivity contribution in [3.8, 4) is 0 Å². The fourth-order valence-corrected chi connectivity index (χ4v) is 2.78. The van der Waals surface area contributed by atoms with Crippen LogP contribution in [0.3, 0.4) is 0 Å². The summed E-state index contributed by atoms with van der Waals surface area (Å²) >= 11 is 0. The van der Waals surface area contributed by atoms with E-state index in [4.69, 9.17) is 4.74 Å². The van der Waals surface area contributed by atoms with Gasteiger partial charge >= 0.3 is 5.97 Å². The monoisotopic (exact) mass is 168 g/mol. The fourth-order valence-electron chi connectivity index (χ4n) is 2.78. The largest absolute Gasteiger partial charge is 0.459 e. The number of fused-ring (bicyclic) bond motifs is 1. The van der Waals surface area contributed by atoms with Crippen LogP contribution in [0.25, 0.3) is 0 Å². The zero-order valence-corrected chi connectivity index (χ0v) is 7.96. The highest BCUT2D eigenvalue weighted by atomic mass is 16.6. The Hall–Kier alpha value is -0.530. The highest BCUT2D eigenvalue weighted by Gasteiger charge is 2.54. The lowest BCUT2D eigenvalue weighted by Crippen LogP contribution is -2.27. The van der Waals surface area contributed by atoms with E-state index in [0.717, 1.165) is 6.42 Å². The van der Waals surface area contributed by atoms with E-state index in [2.05, 4.69) is 6.92 Å². The van der Waals surface area contributed by atoms with Gasteiger partial charge in [0.05, 0.1) is 5.92 Å². The normalized spacial score (nSPS) is 44.2. The molecule has 1 heterocycles. The second-order valence-corrected chi connectivity index (χ2v) is 4.71. The van der Waals surface area contributed by atoms with E-state index in [0.29, 0.717) is 11.8 Å². The molecule has 1 saturated heterocycles. The van der Waals surface area contributed by atoms with Gasteiger partial charge in [-0.3, -0.25) is 4.79 Å². The Morgan fingerprint density at radius 2 is 2.08 bits per heavy atom. The van der Waals surface area contributed by atoms with Crippen molar-refractivity contribution in [3.63, 3.8) is 0 Å². The minimum Gasteiger partial charge on any atom is -0.459 e. The molecule has 0 amide bonds. The molecule has 1 aliphatic carbocycles. The molecule has 2 nitrogen and oxygen atoms in total. The minimum absolute atomic E-state index is 0.0370. The third kappa shape index (κ3) is 0.900. The van der Waals surface area contributed by atoms with Crippen LogP contribution in [0.2, 0.25) is 0 Å². The molecule has 0 N–H and O–H groups in total. The van der Waals surface area contributed by atoms with Gasteiger partial charge < -0.3 is 4.74 Å². The van der Waals surface area contributed by atoms with Crippen molar-refractivity contribution in [1.29, 1.82) is 0 Å². The van der Waals surface area contributed by atoms with Crippen molar-refractivity contribution in [2.24, 2.45) is 17.8 Å². The van der Waals surface area contributed by atoms with Crippen LogP contribution in [0.4, 0.5) is 0 Å². The molecular formula is C10H16O2. The number of carbonyl (C=O) groups is 1. The topological polar surface area (TPSA) is 26.3 Å². The molecule has 1 saturated carbocycles. The van der Waals surface area contributed by atoms with Gasteiger partial charge in [-0.2, -0.15) is 0 Å². The highest BCUT2D eigenvalue weighted by Crippen LogP contribution is 2.49. The molecule has 0 aromatic heterocycles. The molecule has 2 rings (SSSR count). The van der Waals surface area contributed by atoms with Crippen LogP contribution in [0.15, 0.2) is 0 Å². The van der Waals surface area contributed by atoms with Gasteiger partial charge in [0.1, 0.15) is 5.60 Å². The average molecular weight is 168 g/mol. The van der Waals surface area contributed by atoms with E-state index in [-0.39, 0.29) is 17.5 Å². The molecule has 2 aliphatic rings. The van der Waals surface area contributed by atoms with Crippen molar-refractivity contribution in [2.75, 3.05) is 0 Å². The summed E-state index contributed by atoms with van der Waals surface area (Å²) in [4.78, 5) is 11.5. The van der Waals surface area contributed by atoms with Gasteiger partial charge in [0, 0.05) is 5.92 Å². The van der Waals surface area contributed by atoms with E-state index in [9.17, 15) is 4.79 Å². The number of rotatable bonds is 0. The van der Waals surface area contributed by atoms with Gasteiger partial charge in [-0.1, -0.05) is 6.92 Å². The average Bonchev–Trinajstić information content (AvgIpc) is 2.38. The van der Waals surface area contributed by atoms with Gasteiger partial charge in [0.15, 0.2) is 0 Å². The second kappa shape index (κ2) is 2.24. The first kappa shape index (κ1) is 8.09. The van der Waals surface area contributed by atoms with Gasteiger partial charge in [-0.05, 0) is 32.6 Å². The lowest BCUT2D eigenvalue weighted by atomic mass is 9.83. The van der Waals surface area contributed by atoms with Crippen molar-refractivity contribution >= 4 is 5.97 Å². The maximum atomic E-state index is 11.5. The quantitative estimate of drug-likeness (QED) is 0.517. The number of hydrogen-bond acceptors (Lipinski definition) is 2. The van der Waals surface area contributed by atoms with Crippen LogP contribution in [0.5, 0.6) is 0 Å². The molecule has 1 aliphatic heterocycles. The molecule has 0 aromatic rings. The SMILES string of the molecule is C[C@@H]1CC[C@@H]2[C@H]1C(=O)OC2(C)C. The summed E-state index contributed by atoms with van der Waals surface area (Å²) in [6.45, 7) is 6.23. The Morgan fingerprint density at radius 1 is 1.42 bits per heavy atom. The van der Waals surface area contributed by atoms with Crippen LogP contribution >= 0.6 is 0 Å². The van der Waals surface area contributed by atoms with Crippen LogP contribution in [0.1, 0.15) is 33.6 Å². The summed E-state index contributed by atoms with van der Waals surface area (Å²) in [6.07, 6.45) is 2.35. The van der Waals surface area contributed by atoms with Gasteiger partial charge in [0.25, 0.3) is 0 Å². The first-order chi connectivity index (χ1) is 5.52. The number of hydrogen-bond donors (Lipinski definition) is 0. The van der Waals surface area contributed by atoms with E-state index in [1.54, 1.807) is 0 Å². The zero-order valence-electron chi connectivity index (χ0n) is 7.96. The summed E-state index contributed by atoms with van der Waals surface area (Å²) in [5.74, 6) is 1.24. The predicted molar refractivity (Wildman–Crippen MR) is 45.5 cm³/mol. The third-order valence-corrected chi connectivity index (χ3v) is 3.51. The van der Waals surface area contributed by atoms with Gasteiger partial charge in [-0.15, -0.1) is 0 Å². The van der Waals surface area contributed by atoms with Crippen LogP contribution in [-0.4, -0.2) is 11.6 Å². The molecule has 0 unspecified atom stereocenters. The molecule has 2 fully saturated rings. The summed E-state index contributed by atoms with van der Waals surface area (Å²) in [5.41, 5.74) is -0.202. The first-order valence-electron chi connectivity index (χ1n) is 4.75. The molecule has 12 heavy (non-hydrogen) atoms. The zero-order chi connectivity index (χ0) is 8.93. The number of carbonyl (C=O) groups excluding carboxylic acids is 1. The molecule has 68 valence electrons. The Labute approximate surface area is 73.3 Å². The van der Waals surface area contributed by atoms with Crippen LogP contribution in [-0.2, 0) is 9.53 Å². The van der Waals surface area contributed by atoms with Crippen molar-refractivity contribution in [2.45, 2.75) is 39.2 Å². The fraction of sp³-hybridized carbons (Fsp3) is 0.900. The van der Waals surface area contributed by atoms with Crippen molar-refractivity contribution in [3.05, 3.63) is 0 Å². The maximum Gasteiger partial charge on any atom is 0.310 e. The number of esters is 1. The number of ether oxygens (including phenoxy) is 1. The first-order valence-corrected chi connectivity index (χ1v) is 4.75. The highest BCUT2D eigenvalue weighted by molar-refractivity contribution is 5.76. The lowest BCUT2D eigenvalue weighted by molar-refractivity contribution is -0.150. The molecule has 0 bridgehead atoms. The summed E-state index contributed by atoms with van der Waals surface area (Å²) in [5, 5.41) is 0.